The van der Waals surface area contributed by atoms with Gasteiger partial charge in [0, 0.05) is 5.56 Å². The number of benzene rings is 1. The predicted octanol–water partition coefficient (Wildman–Crippen LogP) is 2.27. The van der Waals surface area contributed by atoms with E-state index in [1.54, 1.807) is 6.07 Å². The Labute approximate surface area is 89.9 Å². The van der Waals surface area contributed by atoms with Gasteiger partial charge in [0.25, 0.3) is 0 Å². The van der Waals surface area contributed by atoms with Crippen LogP contribution in [0.4, 0.5) is 0 Å². The molecule has 0 unspecified atom stereocenters. The molecule has 0 fully saturated rings. The summed E-state index contributed by atoms with van der Waals surface area (Å²) >= 11 is 0. The van der Waals surface area contributed by atoms with Gasteiger partial charge in [-0.1, -0.05) is 45.0 Å². The van der Waals surface area contributed by atoms with Crippen molar-refractivity contribution in [1.29, 1.82) is 0 Å². The van der Waals surface area contributed by atoms with E-state index in [9.17, 15) is 10.2 Å². The number of allylic oxidation sites excluding steroid dienone is 1. The first-order chi connectivity index (χ1) is 6.82. The van der Waals surface area contributed by atoms with Gasteiger partial charge in [-0.2, -0.15) is 0 Å². The quantitative estimate of drug-likeness (QED) is 0.636. The molecule has 15 heavy (non-hydrogen) atoms. The third kappa shape index (κ3) is 1.60. The molecule has 0 spiro atoms. The Morgan fingerprint density at radius 3 is 2.27 bits per heavy atom. The summed E-state index contributed by atoms with van der Waals surface area (Å²) < 4.78 is 0. The molecular formula is C13H16O2. The second-order valence-corrected chi connectivity index (χ2v) is 5.08. The Hall–Kier alpha value is -1.12. The number of fused-ring (bicyclic) bond motifs is 1. The van der Waals surface area contributed by atoms with E-state index in [0.717, 1.165) is 11.1 Å². The van der Waals surface area contributed by atoms with Crippen LogP contribution in [0, 0.1) is 5.41 Å². The molecule has 1 aliphatic rings. The highest BCUT2D eigenvalue weighted by atomic mass is 16.5. The van der Waals surface area contributed by atoms with E-state index in [1.807, 2.05) is 18.2 Å². The minimum absolute atomic E-state index is 0.0800. The van der Waals surface area contributed by atoms with Crippen molar-refractivity contribution in [3.8, 4) is 0 Å². The summed E-state index contributed by atoms with van der Waals surface area (Å²) in [7, 11) is 0. The molecule has 0 aromatic heterocycles. The highest BCUT2D eigenvalue weighted by molar-refractivity contribution is 5.77. The van der Waals surface area contributed by atoms with Crippen molar-refractivity contribution in [3.05, 3.63) is 41.5 Å². The molecule has 1 aliphatic carbocycles. The van der Waals surface area contributed by atoms with Gasteiger partial charge in [-0.05, 0) is 22.6 Å². The Morgan fingerprint density at radius 1 is 1.07 bits per heavy atom. The zero-order chi connectivity index (χ0) is 11.3. The molecule has 1 aromatic carbocycles. The van der Waals surface area contributed by atoms with E-state index in [-0.39, 0.29) is 5.41 Å². The smallest absolute Gasteiger partial charge is 0.211 e. The molecule has 0 atom stereocenters. The molecule has 2 nitrogen and oxygen atoms in total. The van der Waals surface area contributed by atoms with Crippen LogP contribution < -0.4 is 0 Å². The third-order valence-corrected chi connectivity index (χ3v) is 2.77. The standard InChI is InChI=1S/C13H16O2/c1-12(2,3)11-8-13(14,15)10-7-5-4-6-9(10)11/h4-8,14-15H,1-3H3. The monoisotopic (exact) mass is 204 g/mol. The van der Waals surface area contributed by atoms with Crippen LogP contribution in [-0.2, 0) is 5.79 Å². The summed E-state index contributed by atoms with van der Waals surface area (Å²) in [4.78, 5) is 0. The molecule has 0 bridgehead atoms. The lowest BCUT2D eigenvalue weighted by molar-refractivity contribution is -0.122. The SMILES string of the molecule is CC(C)(C)C1=CC(O)(O)c2ccccc21. The van der Waals surface area contributed by atoms with Crippen LogP contribution in [0.2, 0.25) is 0 Å². The first-order valence-corrected chi connectivity index (χ1v) is 5.10. The molecular weight excluding hydrogens is 188 g/mol. The molecule has 0 heterocycles. The fourth-order valence-corrected chi connectivity index (χ4v) is 2.02. The van der Waals surface area contributed by atoms with Crippen molar-refractivity contribution >= 4 is 5.57 Å². The van der Waals surface area contributed by atoms with Gasteiger partial charge in [0.05, 0.1) is 0 Å². The Morgan fingerprint density at radius 2 is 1.67 bits per heavy atom. The molecule has 0 aliphatic heterocycles. The van der Waals surface area contributed by atoms with Crippen LogP contribution in [-0.4, -0.2) is 10.2 Å². The highest BCUT2D eigenvalue weighted by Crippen LogP contribution is 2.45. The molecule has 0 amide bonds. The van der Waals surface area contributed by atoms with Crippen molar-refractivity contribution in [1.82, 2.24) is 0 Å². The summed E-state index contributed by atoms with van der Waals surface area (Å²) in [5.41, 5.74) is 2.43. The topological polar surface area (TPSA) is 40.5 Å². The van der Waals surface area contributed by atoms with Crippen LogP contribution in [0.1, 0.15) is 31.9 Å². The Bertz CT molecular complexity index is 422. The average molecular weight is 204 g/mol. The summed E-state index contributed by atoms with van der Waals surface area (Å²) in [6, 6.07) is 7.42. The van der Waals surface area contributed by atoms with Crippen LogP contribution >= 0.6 is 0 Å². The fraction of sp³-hybridized carbons (Fsp3) is 0.385. The Kier molecular flexibility index (Phi) is 2.04. The van der Waals surface area contributed by atoms with Gasteiger partial charge < -0.3 is 10.2 Å². The van der Waals surface area contributed by atoms with Gasteiger partial charge >= 0.3 is 0 Å². The van der Waals surface area contributed by atoms with E-state index >= 15 is 0 Å². The maximum absolute atomic E-state index is 9.86. The maximum Gasteiger partial charge on any atom is 0.211 e. The van der Waals surface area contributed by atoms with E-state index in [2.05, 4.69) is 20.8 Å². The zero-order valence-corrected chi connectivity index (χ0v) is 9.28. The zero-order valence-electron chi connectivity index (χ0n) is 9.28. The maximum atomic E-state index is 9.86. The van der Waals surface area contributed by atoms with Crippen molar-refractivity contribution in [3.63, 3.8) is 0 Å². The van der Waals surface area contributed by atoms with Gasteiger partial charge in [-0.3, -0.25) is 0 Å². The van der Waals surface area contributed by atoms with Crippen LogP contribution in [0.15, 0.2) is 30.3 Å². The molecule has 0 saturated heterocycles. The fourth-order valence-electron chi connectivity index (χ4n) is 2.02. The van der Waals surface area contributed by atoms with Crippen molar-refractivity contribution < 1.29 is 10.2 Å². The minimum atomic E-state index is -1.81. The Balaban J connectivity index is 2.64. The van der Waals surface area contributed by atoms with Crippen molar-refractivity contribution in [2.24, 2.45) is 5.41 Å². The lowest BCUT2D eigenvalue weighted by Crippen LogP contribution is -2.19. The largest absolute Gasteiger partial charge is 0.359 e. The molecule has 2 N–H and O–H groups in total. The second-order valence-electron chi connectivity index (χ2n) is 5.08. The lowest BCUT2D eigenvalue weighted by atomic mass is 9.83. The summed E-state index contributed by atoms with van der Waals surface area (Å²) in [5, 5.41) is 19.7. The van der Waals surface area contributed by atoms with Gasteiger partial charge in [-0.25, -0.2) is 0 Å². The van der Waals surface area contributed by atoms with Crippen LogP contribution in [0.25, 0.3) is 5.57 Å². The van der Waals surface area contributed by atoms with Gasteiger partial charge in [0.15, 0.2) is 0 Å². The number of rotatable bonds is 0. The number of hydrogen-bond donors (Lipinski definition) is 2. The predicted molar refractivity (Wildman–Crippen MR) is 60.0 cm³/mol. The van der Waals surface area contributed by atoms with E-state index in [1.165, 1.54) is 6.08 Å². The van der Waals surface area contributed by atoms with E-state index in [4.69, 9.17) is 0 Å². The van der Waals surface area contributed by atoms with Gasteiger partial charge in [0.1, 0.15) is 0 Å². The van der Waals surface area contributed by atoms with E-state index in [0.29, 0.717) is 5.56 Å². The number of aliphatic hydroxyl groups is 2. The molecule has 2 heteroatoms. The van der Waals surface area contributed by atoms with Crippen LogP contribution in [0.3, 0.4) is 0 Å². The first-order valence-electron chi connectivity index (χ1n) is 5.10. The number of hydrogen-bond acceptors (Lipinski definition) is 2. The van der Waals surface area contributed by atoms with Crippen molar-refractivity contribution in [2.75, 3.05) is 0 Å². The third-order valence-electron chi connectivity index (χ3n) is 2.77. The molecule has 1 aromatic rings. The molecule has 0 radical (unpaired) electrons. The normalized spacial score (nSPS) is 18.6. The summed E-state index contributed by atoms with van der Waals surface area (Å²) in [5.74, 6) is -1.81. The first kappa shape index (κ1) is 10.4. The van der Waals surface area contributed by atoms with Gasteiger partial charge in [0.2, 0.25) is 5.79 Å². The van der Waals surface area contributed by atoms with Crippen molar-refractivity contribution in [2.45, 2.75) is 26.6 Å². The highest BCUT2D eigenvalue weighted by Gasteiger charge is 2.37. The summed E-state index contributed by atoms with van der Waals surface area (Å²) in [6.45, 7) is 6.20. The van der Waals surface area contributed by atoms with Gasteiger partial charge in [-0.15, -0.1) is 0 Å². The van der Waals surface area contributed by atoms with E-state index < -0.39 is 5.79 Å². The second kappa shape index (κ2) is 2.94. The lowest BCUT2D eigenvalue weighted by Gasteiger charge is -2.21. The summed E-state index contributed by atoms with van der Waals surface area (Å²) in [6.07, 6.45) is 1.54. The van der Waals surface area contributed by atoms with Crippen LogP contribution in [0.5, 0.6) is 0 Å². The molecule has 2 rings (SSSR count). The molecule has 80 valence electrons. The minimum Gasteiger partial charge on any atom is -0.359 e. The average Bonchev–Trinajstić information content (AvgIpc) is 2.39. The molecule has 0 saturated carbocycles.